The van der Waals surface area contributed by atoms with E-state index in [9.17, 15) is 4.79 Å². The van der Waals surface area contributed by atoms with E-state index in [2.05, 4.69) is 42.5 Å². The molecule has 2 aromatic carbocycles. The topological polar surface area (TPSA) is 99.9 Å². The van der Waals surface area contributed by atoms with Crippen molar-refractivity contribution in [1.82, 2.24) is 25.4 Å². The van der Waals surface area contributed by atoms with Crippen molar-refractivity contribution in [2.45, 2.75) is 25.7 Å². The Bertz CT molecular complexity index is 1140. The summed E-state index contributed by atoms with van der Waals surface area (Å²) in [4.78, 5) is 26.8. The van der Waals surface area contributed by atoms with Gasteiger partial charge < -0.3 is 19.7 Å². The molecule has 3 heterocycles. The van der Waals surface area contributed by atoms with Gasteiger partial charge in [-0.2, -0.15) is 4.98 Å². The lowest BCUT2D eigenvalue weighted by molar-refractivity contribution is 0.0910. The number of hydrogen-bond donors (Lipinski definition) is 2. The maximum atomic E-state index is 12.4. The summed E-state index contributed by atoms with van der Waals surface area (Å²) in [5.41, 5.74) is 3.93. The van der Waals surface area contributed by atoms with E-state index in [-0.39, 0.29) is 11.8 Å². The predicted octanol–water partition coefficient (Wildman–Crippen LogP) is 3.58. The van der Waals surface area contributed by atoms with Gasteiger partial charge in [0.1, 0.15) is 5.82 Å². The fourth-order valence-corrected chi connectivity index (χ4v) is 3.90. The molecule has 0 saturated carbocycles. The van der Waals surface area contributed by atoms with Crippen LogP contribution in [0.3, 0.4) is 0 Å². The summed E-state index contributed by atoms with van der Waals surface area (Å²) in [6, 6.07) is 15.9. The molecule has 2 aromatic heterocycles. The van der Waals surface area contributed by atoms with Gasteiger partial charge in [-0.1, -0.05) is 17.3 Å². The Labute approximate surface area is 179 Å². The maximum Gasteiger partial charge on any atom is 0.316 e. The van der Waals surface area contributed by atoms with E-state index in [1.54, 1.807) is 0 Å². The van der Waals surface area contributed by atoms with Crippen molar-refractivity contribution < 1.29 is 9.32 Å². The quantitative estimate of drug-likeness (QED) is 0.498. The summed E-state index contributed by atoms with van der Waals surface area (Å²) in [5.74, 6) is 0.800. The second-order valence-corrected chi connectivity index (χ2v) is 7.72. The van der Waals surface area contributed by atoms with Crippen molar-refractivity contribution in [3.05, 3.63) is 60.2 Å². The Morgan fingerprint density at radius 2 is 1.84 bits per heavy atom. The number of piperidine rings is 1. The van der Waals surface area contributed by atoms with E-state index in [0.717, 1.165) is 35.5 Å². The number of hydrogen-bond acceptors (Lipinski definition) is 6. The Morgan fingerprint density at radius 3 is 2.65 bits per heavy atom. The highest BCUT2D eigenvalue weighted by atomic mass is 16.5. The molecule has 0 spiro atoms. The Morgan fingerprint density at radius 1 is 1.03 bits per heavy atom. The number of H-pyrrole nitrogens is 1. The van der Waals surface area contributed by atoms with Crippen LogP contribution >= 0.6 is 0 Å². The fraction of sp³-hybridized carbons (Fsp3) is 0.304. The maximum absolute atomic E-state index is 12.4. The third kappa shape index (κ3) is 4.28. The van der Waals surface area contributed by atoms with E-state index in [0.29, 0.717) is 18.8 Å². The predicted molar refractivity (Wildman–Crippen MR) is 118 cm³/mol. The molecule has 2 N–H and O–H groups in total. The Kier molecular flexibility index (Phi) is 5.35. The number of fused-ring (bicyclic) bond motifs is 1. The number of amides is 1. The fourth-order valence-electron chi connectivity index (χ4n) is 3.90. The van der Waals surface area contributed by atoms with Crippen LogP contribution in [0.2, 0.25) is 0 Å². The lowest BCUT2D eigenvalue weighted by atomic mass is 10.1. The molecule has 8 heteroatoms. The Hall–Kier alpha value is -3.68. The van der Waals surface area contributed by atoms with Gasteiger partial charge in [0.15, 0.2) is 0 Å². The van der Waals surface area contributed by atoms with E-state index in [1.807, 2.05) is 36.4 Å². The molecule has 1 fully saturated rings. The zero-order chi connectivity index (χ0) is 21.0. The van der Waals surface area contributed by atoms with E-state index < -0.39 is 0 Å². The first-order valence-electron chi connectivity index (χ1n) is 10.7. The van der Waals surface area contributed by atoms with E-state index in [4.69, 9.17) is 4.52 Å². The summed E-state index contributed by atoms with van der Waals surface area (Å²) in [6.45, 7) is 2.61. The van der Waals surface area contributed by atoms with Gasteiger partial charge in [-0.25, -0.2) is 4.98 Å². The number of benzene rings is 2. The molecule has 0 aliphatic carbocycles. The van der Waals surface area contributed by atoms with Crippen molar-refractivity contribution in [3.8, 4) is 11.4 Å². The molecule has 0 radical (unpaired) electrons. The number of carbonyl (C=O) groups excluding carboxylic acids is 1. The lowest BCUT2D eigenvalue weighted by Crippen LogP contribution is -2.29. The third-order valence-corrected chi connectivity index (χ3v) is 5.55. The first-order chi connectivity index (χ1) is 15.3. The molecular formula is C23H24N6O2. The first-order valence-corrected chi connectivity index (χ1v) is 10.7. The summed E-state index contributed by atoms with van der Waals surface area (Å²) in [5, 5.41) is 6.77. The Balaban J connectivity index is 1.18. The molecule has 1 aliphatic rings. The van der Waals surface area contributed by atoms with Gasteiger partial charge in [0.2, 0.25) is 5.82 Å². The molecule has 0 bridgehead atoms. The van der Waals surface area contributed by atoms with Crippen LogP contribution in [0.4, 0.5) is 5.69 Å². The molecule has 0 unspecified atom stereocenters. The number of aromatic nitrogens is 4. The second-order valence-electron chi connectivity index (χ2n) is 7.72. The smallest absolute Gasteiger partial charge is 0.316 e. The van der Waals surface area contributed by atoms with Gasteiger partial charge in [-0.3, -0.25) is 4.79 Å². The molecule has 8 nitrogen and oxygen atoms in total. The average Bonchev–Trinajstić information content (AvgIpc) is 3.47. The number of imidazole rings is 1. The van der Waals surface area contributed by atoms with Crippen LogP contribution in [0.25, 0.3) is 22.4 Å². The van der Waals surface area contributed by atoms with E-state index in [1.165, 1.54) is 24.9 Å². The molecule has 31 heavy (non-hydrogen) atoms. The zero-order valence-corrected chi connectivity index (χ0v) is 17.2. The summed E-state index contributed by atoms with van der Waals surface area (Å²) in [6.07, 6.45) is 4.36. The number of carbonyl (C=O) groups is 1. The van der Waals surface area contributed by atoms with Crippen LogP contribution in [-0.4, -0.2) is 45.7 Å². The summed E-state index contributed by atoms with van der Waals surface area (Å²) < 4.78 is 5.17. The van der Waals surface area contributed by atoms with Crippen LogP contribution in [0, 0.1) is 0 Å². The summed E-state index contributed by atoms with van der Waals surface area (Å²) in [7, 11) is 0. The highest BCUT2D eigenvalue weighted by Gasteiger charge is 2.17. The normalized spacial score (nSPS) is 14.1. The monoisotopic (exact) mass is 416 g/mol. The SMILES string of the molecule is O=C(NCCc1nc2ccccc2[nH]1)c1nc(-c2ccc(N3CCCCC3)cc2)no1. The third-order valence-electron chi connectivity index (χ3n) is 5.55. The molecule has 158 valence electrons. The van der Waals surface area contributed by atoms with Crippen molar-refractivity contribution in [3.63, 3.8) is 0 Å². The molecule has 0 atom stereocenters. The van der Waals surface area contributed by atoms with Gasteiger partial charge in [0.25, 0.3) is 0 Å². The number of nitrogens with one attached hydrogen (secondary N) is 2. The standard InChI is InChI=1S/C23H24N6O2/c30-22(24-13-12-20-25-18-6-2-3-7-19(18)26-20)23-27-21(28-31-23)16-8-10-17(11-9-16)29-14-4-1-5-15-29/h2-3,6-11H,1,4-5,12-15H2,(H,24,30)(H,25,26). The molecule has 5 rings (SSSR count). The van der Waals surface area contributed by atoms with Gasteiger partial charge in [0.05, 0.1) is 11.0 Å². The van der Waals surface area contributed by atoms with Crippen LogP contribution in [0.1, 0.15) is 35.8 Å². The van der Waals surface area contributed by atoms with Crippen molar-refractivity contribution >= 4 is 22.6 Å². The van der Waals surface area contributed by atoms with Crippen LogP contribution in [-0.2, 0) is 6.42 Å². The minimum absolute atomic E-state index is 0.0419. The second kappa shape index (κ2) is 8.59. The van der Waals surface area contributed by atoms with Crippen molar-refractivity contribution in [2.24, 2.45) is 0 Å². The highest BCUT2D eigenvalue weighted by Crippen LogP contribution is 2.23. The molecule has 1 aliphatic heterocycles. The minimum Gasteiger partial charge on any atom is -0.372 e. The van der Waals surface area contributed by atoms with Gasteiger partial charge in [-0.15, -0.1) is 0 Å². The minimum atomic E-state index is -0.389. The molecule has 1 amide bonds. The van der Waals surface area contributed by atoms with Gasteiger partial charge >= 0.3 is 11.8 Å². The largest absolute Gasteiger partial charge is 0.372 e. The van der Waals surface area contributed by atoms with Crippen molar-refractivity contribution in [2.75, 3.05) is 24.5 Å². The number of para-hydroxylation sites is 2. The molecular weight excluding hydrogens is 392 g/mol. The van der Waals surface area contributed by atoms with Crippen molar-refractivity contribution in [1.29, 1.82) is 0 Å². The van der Waals surface area contributed by atoms with Gasteiger partial charge in [0, 0.05) is 37.3 Å². The number of aromatic amines is 1. The number of anilines is 1. The molecule has 4 aromatic rings. The van der Waals surface area contributed by atoms with E-state index >= 15 is 0 Å². The zero-order valence-electron chi connectivity index (χ0n) is 17.2. The van der Waals surface area contributed by atoms with Crippen LogP contribution < -0.4 is 10.2 Å². The van der Waals surface area contributed by atoms with Crippen LogP contribution in [0.15, 0.2) is 53.1 Å². The van der Waals surface area contributed by atoms with Gasteiger partial charge in [-0.05, 0) is 55.7 Å². The molecule has 1 saturated heterocycles. The lowest BCUT2D eigenvalue weighted by Gasteiger charge is -2.28. The number of nitrogens with zero attached hydrogens (tertiary/aromatic N) is 4. The average molecular weight is 416 g/mol. The summed E-state index contributed by atoms with van der Waals surface area (Å²) >= 11 is 0. The number of rotatable bonds is 6. The van der Waals surface area contributed by atoms with Crippen LogP contribution in [0.5, 0.6) is 0 Å². The first kappa shape index (κ1) is 19.3. The highest BCUT2D eigenvalue weighted by molar-refractivity contribution is 5.89.